The molecule has 1 heterocycles. The molecule has 0 radical (unpaired) electrons. The Balaban J connectivity index is 1.96. The number of H-pyrrole nitrogens is 1. The summed E-state index contributed by atoms with van der Waals surface area (Å²) in [5.74, 6) is 0.138. The van der Waals surface area contributed by atoms with E-state index in [1.54, 1.807) is 32.2 Å². The van der Waals surface area contributed by atoms with Crippen LogP contribution in [0.4, 0.5) is 0 Å². The molecule has 4 rings (SSSR count). The first-order valence-electron chi connectivity index (χ1n) is 8.37. The zero-order valence-electron chi connectivity index (χ0n) is 14.5. The van der Waals surface area contributed by atoms with Crippen LogP contribution in [0.25, 0.3) is 22.4 Å². The molecule has 1 aromatic heterocycles. The summed E-state index contributed by atoms with van der Waals surface area (Å²) >= 11 is 0. The van der Waals surface area contributed by atoms with E-state index in [0.29, 0.717) is 33.8 Å². The van der Waals surface area contributed by atoms with Crippen molar-refractivity contribution >= 4 is 11.8 Å². The number of esters is 1. The first kappa shape index (κ1) is 16.1. The highest BCUT2D eigenvalue weighted by Gasteiger charge is 2.35. The number of hydrogen-bond acceptors (Lipinski definition) is 4. The number of rotatable bonds is 4. The Morgan fingerprint density at radius 2 is 1.69 bits per heavy atom. The molecule has 0 fully saturated rings. The highest BCUT2D eigenvalue weighted by molar-refractivity contribution is 6.26. The topological polar surface area (TPSA) is 68.4 Å². The van der Waals surface area contributed by atoms with Gasteiger partial charge in [-0.25, -0.2) is 4.79 Å². The van der Waals surface area contributed by atoms with Crippen LogP contribution in [0.1, 0.15) is 33.3 Å². The fourth-order valence-electron chi connectivity index (χ4n) is 3.37. The number of carbonyl (C=O) groups is 2. The lowest BCUT2D eigenvalue weighted by Gasteiger charge is -2.08. The molecule has 2 aromatic carbocycles. The van der Waals surface area contributed by atoms with Crippen molar-refractivity contribution in [3.63, 3.8) is 0 Å². The zero-order chi connectivity index (χ0) is 18.3. The monoisotopic (exact) mass is 347 g/mol. The second kappa shape index (κ2) is 6.19. The minimum absolute atomic E-state index is 0.0896. The Hall–Kier alpha value is -3.34. The summed E-state index contributed by atoms with van der Waals surface area (Å²) in [6.45, 7) is 2.01. The molecule has 0 aliphatic heterocycles. The molecule has 3 aromatic rings. The molecule has 1 aliphatic rings. The third-order valence-corrected chi connectivity index (χ3v) is 4.53. The largest absolute Gasteiger partial charge is 0.497 e. The van der Waals surface area contributed by atoms with Crippen molar-refractivity contribution in [1.82, 2.24) is 4.98 Å². The van der Waals surface area contributed by atoms with Gasteiger partial charge in [0.1, 0.15) is 11.4 Å². The fourth-order valence-corrected chi connectivity index (χ4v) is 3.37. The molecule has 0 saturated carbocycles. The molecule has 5 heteroatoms. The van der Waals surface area contributed by atoms with Crippen molar-refractivity contribution in [3.05, 3.63) is 65.4 Å². The van der Waals surface area contributed by atoms with Crippen LogP contribution in [-0.4, -0.2) is 30.5 Å². The highest BCUT2D eigenvalue weighted by atomic mass is 16.5. The van der Waals surface area contributed by atoms with Gasteiger partial charge in [-0.2, -0.15) is 0 Å². The molecule has 0 bridgehead atoms. The molecular weight excluding hydrogens is 330 g/mol. The molecule has 26 heavy (non-hydrogen) atoms. The Kier molecular flexibility index (Phi) is 3.84. The first-order valence-corrected chi connectivity index (χ1v) is 8.37. The normalized spacial score (nSPS) is 11.8. The van der Waals surface area contributed by atoms with Crippen LogP contribution in [0.2, 0.25) is 0 Å². The number of fused-ring (bicyclic) bond motifs is 3. The van der Waals surface area contributed by atoms with E-state index in [0.717, 1.165) is 11.1 Å². The molecule has 0 unspecified atom stereocenters. The van der Waals surface area contributed by atoms with E-state index in [4.69, 9.17) is 9.47 Å². The minimum atomic E-state index is -0.474. The van der Waals surface area contributed by atoms with Crippen LogP contribution in [0, 0.1) is 0 Å². The SMILES string of the molecule is CCOC(=O)c1[nH]c2c(c1-c1ccc(OC)cc1)C(=O)c1ccccc1-2. The number of aromatic amines is 1. The van der Waals surface area contributed by atoms with Crippen LogP contribution in [-0.2, 0) is 4.74 Å². The fraction of sp³-hybridized carbons (Fsp3) is 0.143. The van der Waals surface area contributed by atoms with Crippen molar-refractivity contribution in [2.75, 3.05) is 13.7 Å². The Labute approximate surface area is 150 Å². The van der Waals surface area contributed by atoms with E-state index in [1.165, 1.54) is 0 Å². The van der Waals surface area contributed by atoms with E-state index in [2.05, 4.69) is 4.98 Å². The lowest BCUT2D eigenvalue weighted by Crippen LogP contribution is -2.08. The maximum atomic E-state index is 13.0. The van der Waals surface area contributed by atoms with Gasteiger partial charge in [-0.3, -0.25) is 4.79 Å². The van der Waals surface area contributed by atoms with E-state index in [-0.39, 0.29) is 12.4 Å². The lowest BCUT2D eigenvalue weighted by atomic mass is 9.98. The Morgan fingerprint density at radius 3 is 2.35 bits per heavy atom. The molecule has 1 N–H and O–H groups in total. The number of hydrogen-bond donors (Lipinski definition) is 1. The van der Waals surface area contributed by atoms with Crippen LogP contribution in [0.5, 0.6) is 5.75 Å². The second-order valence-corrected chi connectivity index (χ2v) is 5.95. The molecule has 0 spiro atoms. The van der Waals surface area contributed by atoms with Crippen molar-refractivity contribution in [2.45, 2.75) is 6.92 Å². The maximum absolute atomic E-state index is 13.0. The van der Waals surface area contributed by atoms with E-state index >= 15 is 0 Å². The molecule has 5 nitrogen and oxygen atoms in total. The molecule has 0 amide bonds. The number of ether oxygens (including phenoxy) is 2. The number of aromatic nitrogens is 1. The summed E-state index contributed by atoms with van der Waals surface area (Å²) in [6, 6.07) is 14.7. The average Bonchev–Trinajstić information content (AvgIpc) is 3.19. The first-order chi connectivity index (χ1) is 12.7. The maximum Gasteiger partial charge on any atom is 0.355 e. The number of carbonyl (C=O) groups excluding carboxylic acids is 2. The standard InChI is InChI=1S/C21H17NO4/c1-3-26-21(24)19-16(12-8-10-13(25-2)11-9-12)17-18(22-19)14-6-4-5-7-15(14)20(17)23/h4-11,22H,3H2,1-2H3. The van der Waals surface area contributed by atoms with Gasteiger partial charge >= 0.3 is 5.97 Å². The Morgan fingerprint density at radius 1 is 1.00 bits per heavy atom. The number of methoxy groups -OCH3 is 1. The van der Waals surface area contributed by atoms with Crippen molar-refractivity contribution < 1.29 is 19.1 Å². The van der Waals surface area contributed by atoms with Crippen molar-refractivity contribution in [2.24, 2.45) is 0 Å². The van der Waals surface area contributed by atoms with Gasteiger partial charge in [0.25, 0.3) is 0 Å². The molecule has 0 atom stereocenters. The number of nitrogens with one attached hydrogen (secondary N) is 1. The summed E-state index contributed by atoms with van der Waals surface area (Å²) in [6.07, 6.45) is 0. The van der Waals surface area contributed by atoms with Gasteiger partial charge in [-0.05, 0) is 24.6 Å². The number of ketones is 1. The van der Waals surface area contributed by atoms with Gasteiger partial charge in [0.2, 0.25) is 0 Å². The van der Waals surface area contributed by atoms with Crippen molar-refractivity contribution in [3.8, 4) is 28.1 Å². The van der Waals surface area contributed by atoms with Crippen LogP contribution < -0.4 is 4.74 Å². The van der Waals surface area contributed by atoms with Gasteiger partial charge in [-0.1, -0.05) is 36.4 Å². The van der Waals surface area contributed by atoms with Gasteiger partial charge in [0, 0.05) is 16.7 Å². The van der Waals surface area contributed by atoms with E-state index < -0.39 is 5.97 Å². The summed E-state index contributed by atoms with van der Waals surface area (Å²) in [5.41, 5.74) is 4.25. The van der Waals surface area contributed by atoms with Gasteiger partial charge in [0.15, 0.2) is 5.78 Å². The predicted octanol–water partition coefficient (Wildman–Crippen LogP) is 4.08. The average molecular weight is 347 g/mol. The van der Waals surface area contributed by atoms with Crippen LogP contribution >= 0.6 is 0 Å². The zero-order valence-corrected chi connectivity index (χ0v) is 14.5. The molecule has 1 aliphatic carbocycles. The van der Waals surface area contributed by atoms with Crippen LogP contribution in [0.3, 0.4) is 0 Å². The smallest absolute Gasteiger partial charge is 0.355 e. The summed E-state index contributed by atoms with van der Waals surface area (Å²) in [7, 11) is 1.59. The molecular formula is C21H17NO4. The summed E-state index contributed by atoms with van der Waals surface area (Å²) in [4.78, 5) is 28.6. The summed E-state index contributed by atoms with van der Waals surface area (Å²) < 4.78 is 10.4. The predicted molar refractivity (Wildman–Crippen MR) is 97.6 cm³/mol. The van der Waals surface area contributed by atoms with E-state index in [1.807, 2.05) is 30.3 Å². The Bertz CT molecular complexity index is 1010. The van der Waals surface area contributed by atoms with Gasteiger partial charge in [0.05, 0.1) is 25.0 Å². The third-order valence-electron chi connectivity index (χ3n) is 4.53. The molecule has 130 valence electrons. The van der Waals surface area contributed by atoms with Crippen molar-refractivity contribution in [1.29, 1.82) is 0 Å². The quantitative estimate of drug-likeness (QED) is 0.565. The lowest BCUT2D eigenvalue weighted by molar-refractivity contribution is 0.0521. The van der Waals surface area contributed by atoms with Gasteiger partial charge < -0.3 is 14.5 Å². The third kappa shape index (κ3) is 2.32. The minimum Gasteiger partial charge on any atom is -0.497 e. The second-order valence-electron chi connectivity index (χ2n) is 5.95. The number of benzene rings is 2. The highest BCUT2D eigenvalue weighted by Crippen LogP contribution is 2.43. The van der Waals surface area contributed by atoms with Crippen LogP contribution in [0.15, 0.2) is 48.5 Å². The van der Waals surface area contributed by atoms with Gasteiger partial charge in [-0.15, -0.1) is 0 Å². The molecule has 0 saturated heterocycles. The van der Waals surface area contributed by atoms with E-state index in [9.17, 15) is 9.59 Å². The summed E-state index contributed by atoms with van der Waals surface area (Å²) in [5, 5.41) is 0.